The van der Waals surface area contributed by atoms with E-state index in [9.17, 15) is 4.79 Å². The number of pyridine rings is 1. The van der Waals surface area contributed by atoms with Crippen LogP contribution in [0.15, 0.2) is 18.5 Å². The van der Waals surface area contributed by atoms with Crippen molar-refractivity contribution in [2.24, 2.45) is 11.1 Å². The number of Topliss-reactive ketones (excluding diaryl/α,β-unsaturated/α-hetero) is 1. The zero-order chi connectivity index (χ0) is 13.0. The molecule has 0 spiro atoms. The normalized spacial score (nSPS) is 19.2. The molecule has 4 N–H and O–H groups in total. The summed E-state index contributed by atoms with van der Waals surface area (Å²) in [6.07, 6.45) is 9.45. The summed E-state index contributed by atoms with van der Waals surface area (Å²) in [5, 5.41) is 0. The lowest BCUT2D eigenvalue weighted by atomic mass is 9.74. The third-order valence-electron chi connectivity index (χ3n) is 4.03. The monoisotopic (exact) mass is 247 g/mol. The number of carbonyl (C=O) groups is 1. The molecule has 1 aliphatic rings. The van der Waals surface area contributed by atoms with E-state index in [1.54, 1.807) is 18.5 Å². The van der Waals surface area contributed by atoms with Gasteiger partial charge >= 0.3 is 0 Å². The molecule has 4 nitrogen and oxygen atoms in total. The lowest BCUT2D eigenvalue weighted by molar-refractivity contribution is 0.0775. The number of carbonyl (C=O) groups excluding carboxylic acids is 1. The van der Waals surface area contributed by atoms with Crippen molar-refractivity contribution in [3.63, 3.8) is 0 Å². The molecule has 1 fully saturated rings. The van der Waals surface area contributed by atoms with Gasteiger partial charge in [-0.3, -0.25) is 9.78 Å². The average molecular weight is 247 g/mol. The number of aromatic nitrogens is 1. The first-order valence-electron chi connectivity index (χ1n) is 6.64. The molecule has 1 aliphatic carbocycles. The van der Waals surface area contributed by atoms with Crippen molar-refractivity contribution in [1.29, 1.82) is 0 Å². The van der Waals surface area contributed by atoms with Crippen LogP contribution in [0, 0.1) is 5.41 Å². The number of nitrogens with zero attached hydrogens (tertiary/aromatic N) is 1. The first-order valence-corrected chi connectivity index (χ1v) is 6.64. The van der Waals surface area contributed by atoms with Crippen molar-refractivity contribution in [2.45, 2.75) is 38.5 Å². The van der Waals surface area contributed by atoms with Crippen molar-refractivity contribution >= 4 is 11.5 Å². The van der Waals surface area contributed by atoms with Gasteiger partial charge in [-0.2, -0.15) is 0 Å². The Balaban J connectivity index is 2.32. The van der Waals surface area contributed by atoms with E-state index in [1.165, 1.54) is 12.8 Å². The van der Waals surface area contributed by atoms with E-state index < -0.39 is 5.41 Å². The molecular weight excluding hydrogens is 226 g/mol. The SMILES string of the molecule is NCC1(C(=O)c2cnccc2N)CCCCCC1. The summed E-state index contributed by atoms with van der Waals surface area (Å²) < 4.78 is 0. The van der Waals surface area contributed by atoms with E-state index in [4.69, 9.17) is 11.5 Å². The topological polar surface area (TPSA) is 82.0 Å². The number of ketones is 1. The van der Waals surface area contributed by atoms with Gasteiger partial charge in [0.05, 0.1) is 5.56 Å². The van der Waals surface area contributed by atoms with Gasteiger partial charge in [0.2, 0.25) is 0 Å². The molecule has 1 aromatic heterocycles. The summed E-state index contributed by atoms with van der Waals surface area (Å²) in [5.41, 5.74) is 12.4. The van der Waals surface area contributed by atoms with E-state index in [0.717, 1.165) is 25.7 Å². The van der Waals surface area contributed by atoms with Gasteiger partial charge in [0.1, 0.15) is 0 Å². The number of anilines is 1. The quantitative estimate of drug-likeness (QED) is 0.633. The van der Waals surface area contributed by atoms with Crippen LogP contribution in [0.3, 0.4) is 0 Å². The van der Waals surface area contributed by atoms with Crippen LogP contribution >= 0.6 is 0 Å². The van der Waals surface area contributed by atoms with E-state index in [-0.39, 0.29) is 5.78 Å². The van der Waals surface area contributed by atoms with E-state index in [2.05, 4.69) is 4.98 Å². The summed E-state index contributed by atoms with van der Waals surface area (Å²) in [6, 6.07) is 1.67. The smallest absolute Gasteiger partial charge is 0.173 e. The van der Waals surface area contributed by atoms with Crippen molar-refractivity contribution in [3.05, 3.63) is 24.0 Å². The van der Waals surface area contributed by atoms with Gasteiger partial charge < -0.3 is 11.5 Å². The Morgan fingerprint density at radius 3 is 2.50 bits per heavy atom. The summed E-state index contributed by atoms with van der Waals surface area (Å²) in [7, 11) is 0. The highest BCUT2D eigenvalue weighted by Crippen LogP contribution is 2.37. The lowest BCUT2D eigenvalue weighted by Crippen LogP contribution is -2.38. The minimum Gasteiger partial charge on any atom is -0.398 e. The van der Waals surface area contributed by atoms with Crippen LogP contribution in [0.1, 0.15) is 48.9 Å². The van der Waals surface area contributed by atoms with E-state index >= 15 is 0 Å². The fraction of sp³-hybridized carbons (Fsp3) is 0.571. The first-order chi connectivity index (χ1) is 8.69. The molecule has 0 amide bonds. The zero-order valence-electron chi connectivity index (χ0n) is 10.7. The molecule has 4 heteroatoms. The first kappa shape index (κ1) is 13.0. The van der Waals surface area contributed by atoms with Crippen molar-refractivity contribution < 1.29 is 4.79 Å². The molecular formula is C14H21N3O. The van der Waals surface area contributed by atoms with Gasteiger partial charge in [-0.25, -0.2) is 0 Å². The number of hydrogen-bond donors (Lipinski definition) is 2. The second kappa shape index (κ2) is 5.48. The molecule has 1 saturated carbocycles. The molecule has 0 radical (unpaired) electrons. The molecule has 2 rings (SSSR count). The van der Waals surface area contributed by atoms with Crippen LogP contribution in [0.25, 0.3) is 0 Å². The second-order valence-corrected chi connectivity index (χ2v) is 5.19. The maximum absolute atomic E-state index is 12.7. The number of hydrogen-bond acceptors (Lipinski definition) is 4. The second-order valence-electron chi connectivity index (χ2n) is 5.19. The summed E-state index contributed by atoms with van der Waals surface area (Å²) in [5.74, 6) is 0.0810. The largest absolute Gasteiger partial charge is 0.398 e. The van der Waals surface area contributed by atoms with Crippen LogP contribution in [0.2, 0.25) is 0 Å². The molecule has 1 heterocycles. The third kappa shape index (κ3) is 2.38. The lowest BCUT2D eigenvalue weighted by Gasteiger charge is -2.30. The fourth-order valence-electron chi connectivity index (χ4n) is 2.81. The Labute approximate surface area is 108 Å². The minimum atomic E-state index is -0.423. The van der Waals surface area contributed by atoms with Crippen molar-refractivity contribution in [2.75, 3.05) is 12.3 Å². The van der Waals surface area contributed by atoms with Crippen LogP contribution in [0.5, 0.6) is 0 Å². The van der Waals surface area contributed by atoms with Gasteiger partial charge in [-0.1, -0.05) is 25.7 Å². The van der Waals surface area contributed by atoms with E-state index in [1.807, 2.05) is 0 Å². The van der Waals surface area contributed by atoms with Gasteiger partial charge in [-0.05, 0) is 18.9 Å². The summed E-state index contributed by atoms with van der Waals surface area (Å²) in [4.78, 5) is 16.7. The maximum Gasteiger partial charge on any atom is 0.173 e. The molecule has 0 bridgehead atoms. The molecule has 0 unspecified atom stereocenters. The Bertz CT molecular complexity index is 423. The molecule has 0 aromatic carbocycles. The predicted molar refractivity (Wildman–Crippen MR) is 72.2 cm³/mol. The average Bonchev–Trinajstić information content (AvgIpc) is 2.65. The zero-order valence-corrected chi connectivity index (χ0v) is 10.7. The molecule has 0 saturated heterocycles. The van der Waals surface area contributed by atoms with Crippen LogP contribution < -0.4 is 11.5 Å². The summed E-state index contributed by atoms with van der Waals surface area (Å²) >= 11 is 0. The number of nitrogens with two attached hydrogens (primary N) is 2. The minimum absolute atomic E-state index is 0.0810. The van der Waals surface area contributed by atoms with E-state index in [0.29, 0.717) is 17.8 Å². The van der Waals surface area contributed by atoms with Gasteiger partial charge in [0, 0.05) is 30.0 Å². The highest BCUT2D eigenvalue weighted by Gasteiger charge is 2.38. The highest BCUT2D eigenvalue weighted by atomic mass is 16.1. The van der Waals surface area contributed by atoms with Gasteiger partial charge in [0.25, 0.3) is 0 Å². The third-order valence-corrected chi connectivity index (χ3v) is 4.03. The fourth-order valence-corrected chi connectivity index (χ4v) is 2.81. The maximum atomic E-state index is 12.7. The Morgan fingerprint density at radius 2 is 1.94 bits per heavy atom. The highest BCUT2D eigenvalue weighted by molar-refractivity contribution is 6.04. The number of rotatable bonds is 3. The standard InChI is InChI=1S/C14H21N3O/c15-10-14(6-3-1-2-4-7-14)13(18)11-9-17-8-5-12(11)16/h5,8-9H,1-4,6-7,10,15H2,(H2,16,17). The van der Waals surface area contributed by atoms with Crippen LogP contribution in [-0.2, 0) is 0 Å². The Morgan fingerprint density at radius 1 is 1.28 bits per heavy atom. The van der Waals surface area contributed by atoms with Crippen LogP contribution in [-0.4, -0.2) is 17.3 Å². The molecule has 98 valence electrons. The summed E-state index contributed by atoms with van der Waals surface area (Å²) in [6.45, 7) is 0.403. The van der Waals surface area contributed by atoms with Crippen molar-refractivity contribution in [1.82, 2.24) is 4.98 Å². The van der Waals surface area contributed by atoms with Crippen LogP contribution in [0.4, 0.5) is 5.69 Å². The Kier molecular flexibility index (Phi) is 3.97. The molecule has 0 aliphatic heterocycles. The van der Waals surface area contributed by atoms with Gasteiger partial charge in [-0.15, -0.1) is 0 Å². The molecule has 1 aromatic rings. The molecule has 18 heavy (non-hydrogen) atoms. The van der Waals surface area contributed by atoms with Gasteiger partial charge in [0.15, 0.2) is 5.78 Å². The van der Waals surface area contributed by atoms with Crippen molar-refractivity contribution in [3.8, 4) is 0 Å². The Hall–Kier alpha value is -1.42. The number of nitrogen functional groups attached to an aromatic ring is 1. The molecule has 0 atom stereocenters. The predicted octanol–water partition coefficient (Wildman–Crippen LogP) is 2.15.